The van der Waals surface area contributed by atoms with E-state index in [4.69, 9.17) is 21.6 Å². The lowest BCUT2D eigenvalue weighted by Gasteiger charge is -2.24. The number of ether oxygens (including phenoxy) is 1. The Morgan fingerprint density at radius 2 is 2.42 bits per heavy atom. The number of anilines is 2. The van der Waals surface area contributed by atoms with Crippen LogP contribution < -0.4 is 15.0 Å². The van der Waals surface area contributed by atoms with Crippen LogP contribution in [0.4, 0.5) is 11.4 Å². The zero-order valence-electron chi connectivity index (χ0n) is 10.4. The van der Waals surface area contributed by atoms with Crippen molar-refractivity contribution in [1.82, 2.24) is 0 Å². The Morgan fingerprint density at radius 3 is 3.16 bits per heavy atom. The number of carbonyl (C=O) groups excluding carboxylic acids is 1. The fourth-order valence-electron chi connectivity index (χ4n) is 1.92. The second-order valence-electron chi connectivity index (χ2n) is 4.04. The second kappa shape index (κ2) is 6.30. The van der Waals surface area contributed by atoms with Crippen molar-refractivity contribution in [3.8, 4) is 11.8 Å². The van der Waals surface area contributed by atoms with Crippen LogP contribution in [0.15, 0.2) is 18.2 Å². The average molecular weight is 280 g/mol. The van der Waals surface area contributed by atoms with Crippen LogP contribution in [0.3, 0.4) is 0 Å². The number of hydrogen-bond acceptors (Lipinski definition) is 4. The second-order valence-corrected chi connectivity index (χ2v) is 4.31. The molecule has 0 saturated heterocycles. The van der Waals surface area contributed by atoms with Crippen LogP contribution in [0.25, 0.3) is 0 Å². The smallest absolute Gasteiger partial charge is 0.241 e. The lowest BCUT2D eigenvalue weighted by atomic mass is 10.2. The fraction of sp³-hybridized carbons (Fsp3) is 0.385. The Balaban J connectivity index is 2.26. The number of amides is 1. The van der Waals surface area contributed by atoms with Crippen molar-refractivity contribution >= 4 is 28.9 Å². The number of nitriles is 1. The number of rotatable bonds is 4. The van der Waals surface area contributed by atoms with Gasteiger partial charge >= 0.3 is 0 Å². The Hall–Kier alpha value is -1.93. The van der Waals surface area contributed by atoms with Gasteiger partial charge in [0, 0.05) is 24.8 Å². The van der Waals surface area contributed by atoms with Gasteiger partial charge < -0.3 is 15.0 Å². The summed E-state index contributed by atoms with van der Waals surface area (Å²) in [7, 11) is 0. The van der Waals surface area contributed by atoms with E-state index in [-0.39, 0.29) is 18.2 Å². The minimum Gasteiger partial charge on any atom is -0.490 e. The monoisotopic (exact) mass is 279 g/mol. The summed E-state index contributed by atoms with van der Waals surface area (Å²) in [6.07, 6.45) is 0.263. The number of hydrogen-bond donors (Lipinski definition) is 1. The molecule has 100 valence electrons. The van der Waals surface area contributed by atoms with Gasteiger partial charge in [0.1, 0.15) is 18.2 Å². The molecule has 2 rings (SSSR count). The molecule has 0 bridgehead atoms. The molecule has 0 atom stereocenters. The molecule has 0 unspecified atom stereocenters. The van der Waals surface area contributed by atoms with Gasteiger partial charge in [-0.15, -0.1) is 11.6 Å². The number of nitrogens with one attached hydrogen (secondary N) is 1. The highest BCUT2D eigenvalue weighted by Crippen LogP contribution is 2.32. The number of fused-ring (bicyclic) bond motifs is 1. The summed E-state index contributed by atoms with van der Waals surface area (Å²) in [5.41, 5.74) is 1.61. The van der Waals surface area contributed by atoms with Crippen molar-refractivity contribution in [1.29, 1.82) is 5.26 Å². The first-order valence-electron chi connectivity index (χ1n) is 6.00. The van der Waals surface area contributed by atoms with Gasteiger partial charge in [0.05, 0.1) is 18.2 Å². The molecule has 0 radical (unpaired) electrons. The predicted octanol–water partition coefficient (Wildman–Crippen LogP) is 1.98. The molecule has 1 aromatic rings. The molecule has 1 heterocycles. The highest BCUT2D eigenvalue weighted by atomic mass is 35.5. The maximum atomic E-state index is 11.8. The Kier molecular flexibility index (Phi) is 4.48. The summed E-state index contributed by atoms with van der Waals surface area (Å²) in [6, 6.07) is 7.51. The zero-order chi connectivity index (χ0) is 13.7. The molecular weight excluding hydrogens is 266 g/mol. The molecule has 0 aliphatic carbocycles. The van der Waals surface area contributed by atoms with Crippen LogP contribution in [0, 0.1) is 11.3 Å². The molecule has 0 fully saturated rings. The van der Waals surface area contributed by atoms with Crippen LogP contribution in [-0.2, 0) is 4.79 Å². The average Bonchev–Trinajstić information content (AvgIpc) is 2.47. The van der Waals surface area contributed by atoms with Crippen molar-refractivity contribution in [3.05, 3.63) is 18.2 Å². The third-order valence-electron chi connectivity index (χ3n) is 2.81. The fourth-order valence-corrected chi connectivity index (χ4v) is 2.07. The highest BCUT2D eigenvalue weighted by Gasteiger charge is 2.17. The molecule has 0 saturated carbocycles. The molecule has 5 nitrogen and oxygen atoms in total. The summed E-state index contributed by atoms with van der Waals surface area (Å²) in [5, 5.41) is 11.9. The van der Waals surface area contributed by atoms with E-state index in [0.717, 1.165) is 12.2 Å². The van der Waals surface area contributed by atoms with Gasteiger partial charge in [-0.05, 0) is 12.1 Å². The lowest BCUT2D eigenvalue weighted by Crippen LogP contribution is -2.33. The molecule has 19 heavy (non-hydrogen) atoms. The van der Waals surface area contributed by atoms with Crippen LogP contribution in [0.5, 0.6) is 5.75 Å². The van der Waals surface area contributed by atoms with Crippen LogP contribution in [0.1, 0.15) is 6.42 Å². The van der Waals surface area contributed by atoms with Gasteiger partial charge in [0.25, 0.3) is 0 Å². The number of alkyl halides is 1. The van der Waals surface area contributed by atoms with Crippen molar-refractivity contribution in [3.63, 3.8) is 0 Å². The Labute approximate surface area is 116 Å². The normalized spacial score (nSPS) is 12.6. The molecule has 1 aliphatic rings. The van der Waals surface area contributed by atoms with Gasteiger partial charge in [-0.1, -0.05) is 0 Å². The first-order chi connectivity index (χ1) is 9.26. The number of halogens is 1. The Bertz CT molecular complexity index is 513. The van der Waals surface area contributed by atoms with Crippen LogP contribution in [0.2, 0.25) is 0 Å². The lowest BCUT2D eigenvalue weighted by molar-refractivity contribution is -0.116. The SMILES string of the molecule is N#CCCN(C(=O)CCl)c1ccc2c(c1)OCCN2. The largest absolute Gasteiger partial charge is 0.490 e. The quantitative estimate of drug-likeness (QED) is 0.856. The molecule has 1 amide bonds. The van der Waals surface area contributed by atoms with E-state index in [1.165, 1.54) is 4.90 Å². The standard InChI is InChI=1S/C13H14ClN3O2/c14-9-13(18)17(6-1-4-15)10-2-3-11-12(8-10)19-7-5-16-11/h2-3,8,16H,1,5-7,9H2. The van der Waals surface area contributed by atoms with Crippen LogP contribution in [-0.4, -0.2) is 31.5 Å². The van der Waals surface area contributed by atoms with Crippen LogP contribution >= 0.6 is 11.6 Å². The van der Waals surface area contributed by atoms with E-state index in [0.29, 0.717) is 24.6 Å². The molecule has 1 N–H and O–H groups in total. The van der Waals surface area contributed by atoms with Gasteiger partial charge in [-0.25, -0.2) is 0 Å². The third-order valence-corrected chi connectivity index (χ3v) is 3.04. The maximum Gasteiger partial charge on any atom is 0.241 e. The van der Waals surface area contributed by atoms with E-state index in [2.05, 4.69) is 5.32 Å². The first-order valence-corrected chi connectivity index (χ1v) is 6.53. The first kappa shape index (κ1) is 13.5. The van der Waals surface area contributed by atoms with Crippen molar-refractivity contribution in [2.75, 3.05) is 35.8 Å². The van der Waals surface area contributed by atoms with E-state index in [1.54, 1.807) is 6.07 Å². The number of benzene rings is 1. The molecular formula is C13H14ClN3O2. The zero-order valence-corrected chi connectivity index (χ0v) is 11.1. The molecule has 0 aromatic heterocycles. The molecule has 1 aromatic carbocycles. The summed E-state index contributed by atoms with van der Waals surface area (Å²) in [6.45, 7) is 1.69. The summed E-state index contributed by atoms with van der Waals surface area (Å²) < 4.78 is 5.53. The maximum absolute atomic E-state index is 11.8. The highest BCUT2D eigenvalue weighted by molar-refractivity contribution is 6.29. The minimum absolute atomic E-state index is 0.110. The predicted molar refractivity (Wildman–Crippen MR) is 73.7 cm³/mol. The van der Waals surface area contributed by atoms with Crippen molar-refractivity contribution in [2.24, 2.45) is 0 Å². The van der Waals surface area contributed by atoms with Gasteiger partial charge in [0.15, 0.2) is 0 Å². The summed E-state index contributed by atoms with van der Waals surface area (Å²) >= 11 is 5.60. The minimum atomic E-state index is -0.222. The van der Waals surface area contributed by atoms with E-state index in [9.17, 15) is 4.79 Å². The van der Waals surface area contributed by atoms with Crippen molar-refractivity contribution < 1.29 is 9.53 Å². The van der Waals surface area contributed by atoms with Crippen molar-refractivity contribution in [2.45, 2.75) is 6.42 Å². The van der Waals surface area contributed by atoms with Gasteiger partial charge in [0.2, 0.25) is 5.91 Å². The molecule has 6 heteroatoms. The molecule has 0 spiro atoms. The van der Waals surface area contributed by atoms with E-state index in [1.807, 2.05) is 18.2 Å². The van der Waals surface area contributed by atoms with E-state index >= 15 is 0 Å². The Morgan fingerprint density at radius 1 is 1.58 bits per heavy atom. The summed E-state index contributed by atoms with van der Waals surface area (Å²) in [4.78, 5) is 13.3. The number of nitrogens with zero attached hydrogens (tertiary/aromatic N) is 2. The summed E-state index contributed by atoms with van der Waals surface area (Å²) in [5.74, 6) is 0.385. The van der Waals surface area contributed by atoms with Gasteiger partial charge in [-0.2, -0.15) is 5.26 Å². The van der Waals surface area contributed by atoms with E-state index < -0.39 is 0 Å². The van der Waals surface area contributed by atoms with Gasteiger partial charge in [-0.3, -0.25) is 4.79 Å². The molecule has 1 aliphatic heterocycles. The number of carbonyl (C=O) groups is 1. The topological polar surface area (TPSA) is 65.4 Å². The third kappa shape index (κ3) is 3.09.